The van der Waals surface area contributed by atoms with Crippen molar-refractivity contribution in [1.29, 1.82) is 0 Å². The molecular weight excluding hydrogens is 298 g/mol. The summed E-state index contributed by atoms with van der Waals surface area (Å²) in [5.41, 5.74) is 2.61. The van der Waals surface area contributed by atoms with Crippen molar-refractivity contribution >= 4 is 11.8 Å². The number of nitrogens with zero attached hydrogens (tertiary/aromatic N) is 1. The SMILES string of the molecule is CCCCN(C(=O)OC(C)(C)C)c1cccc(-c2ccccc2)c1. The predicted molar refractivity (Wildman–Crippen MR) is 100 cm³/mol. The van der Waals surface area contributed by atoms with Crippen molar-refractivity contribution < 1.29 is 9.53 Å². The van der Waals surface area contributed by atoms with Gasteiger partial charge in [0.05, 0.1) is 0 Å². The van der Waals surface area contributed by atoms with Crippen molar-refractivity contribution in [2.75, 3.05) is 11.4 Å². The Hall–Kier alpha value is -2.29. The van der Waals surface area contributed by atoms with Gasteiger partial charge in [-0.25, -0.2) is 4.79 Å². The van der Waals surface area contributed by atoms with Gasteiger partial charge in [0.2, 0.25) is 0 Å². The molecule has 0 bridgehead atoms. The summed E-state index contributed by atoms with van der Waals surface area (Å²) >= 11 is 0. The topological polar surface area (TPSA) is 29.5 Å². The van der Waals surface area contributed by atoms with E-state index in [1.165, 1.54) is 0 Å². The number of hydrogen-bond donors (Lipinski definition) is 0. The van der Waals surface area contributed by atoms with Gasteiger partial charge in [-0.2, -0.15) is 0 Å². The molecule has 0 unspecified atom stereocenters. The largest absolute Gasteiger partial charge is 0.443 e. The molecule has 0 fully saturated rings. The molecular formula is C21H27NO2. The molecule has 0 heterocycles. The minimum atomic E-state index is -0.501. The number of amides is 1. The van der Waals surface area contributed by atoms with Gasteiger partial charge in [-0.15, -0.1) is 0 Å². The molecule has 2 aromatic rings. The quantitative estimate of drug-likeness (QED) is 0.685. The molecule has 0 aromatic heterocycles. The van der Waals surface area contributed by atoms with E-state index >= 15 is 0 Å². The summed E-state index contributed by atoms with van der Waals surface area (Å²) in [5.74, 6) is 0. The normalized spacial score (nSPS) is 11.2. The monoisotopic (exact) mass is 325 g/mol. The van der Waals surface area contributed by atoms with E-state index in [9.17, 15) is 4.79 Å². The van der Waals surface area contributed by atoms with Crippen LogP contribution in [0.1, 0.15) is 40.5 Å². The number of carbonyl (C=O) groups is 1. The first kappa shape index (κ1) is 18.1. The maximum Gasteiger partial charge on any atom is 0.414 e. The molecule has 128 valence electrons. The summed E-state index contributed by atoms with van der Waals surface area (Å²) in [7, 11) is 0. The molecule has 2 aromatic carbocycles. The van der Waals surface area contributed by atoms with Gasteiger partial charge in [0.25, 0.3) is 0 Å². The maximum atomic E-state index is 12.6. The van der Waals surface area contributed by atoms with Crippen molar-refractivity contribution in [3.8, 4) is 11.1 Å². The number of carbonyl (C=O) groups excluding carboxylic acids is 1. The van der Waals surface area contributed by atoms with Crippen molar-refractivity contribution in [3.63, 3.8) is 0 Å². The summed E-state index contributed by atoms with van der Waals surface area (Å²) in [4.78, 5) is 14.4. The lowest BCUT2D eigenvalue weighted by Gasteiger charge is -2.27. The Morgan fingerprint density at radius 2 is 1.67 bits per heavy atom. The molecule has 0 spiro atoms. The average molecular weight is 325 g/mol. The lowest BCUT2D eigenvalue weighted by molar-refractivity contribution is 0.0580. The van der Waals surface area contributed by atoms with Crippen molar-refractivity contribution in [2.45, 2.75) is 46.1 Å². The Bertz CT molecular complexity index is 659. The van der Waals surface area contributed by atoms with E-state index in [1.807, 2.05) is 51.1 Å². The Morgan fingerprint density at radius 3 is 2.29 bits per heavy atom. The van der Waals surface area contributed by atoms with Crippen LogP contribution in [0.15, 0.2) is 54.6 Å². The average Bonchev–Trinajstić information content (AvgIpc) is 2.55. The lowest BCUT2D eigenvalue weighted by Crippen LogP contribution is -2.37. The van der Waals surface area contributed by atoms with Crippen LogP contribution in [0.4, 0.5) is 10.5 Å². The second-order valence-electron chi connectivity index (χ2n) is 6.90. The Morgan fingerprint density at radius 1 is 1.00 bits per heavy atom. The van der Waals surface area contributed by atoms with E-state index in [0.717, 1.165) is 29.7 Å². The van der Waals surface area contributed by atoms with Gasteiger partial charge >= 0.3 is 6.09 Å². The van der Waals surface area contributed by atoms with Crippen LogP contribution in [0.3, 0.4) is 0 Å². The minimum Gasteiger partial charge on any atom is -0.443 e. The molecule has 0 atom stereocenters. The fourth-order valence-electron chi connectivity index (χ4n) is 2.44. The maximum absolute atomic E-state index is 12.6. The number of anilines is 1. The van der Waals surface area contributed by atoms with E-state index < -0.39 is 5.60 Å². The highest BCUT2D eigenvalue weighted by Gasteiger charge is 2.23. The summed E-state index contributed by atoms with van der Waals surface area (Å²) in [5, 5.41) is 0. The fraction of sp³-hybridized carbons (Fsp3) is 0.381. The molecule has 0 N–H and O–H groups in total. The molecule has 0 aliphatic heterocycles. The van der Waals surface area contributed by atoms with Gasteiger partial charge in [0.15, 0.2) is 0 Å². The number of ether oxygens (including phenoxy) is 1. The Balaban J connectivity index is 2.30. The second-order valence-corrected chi connectivity index (χ2v) is 6.90. The third-order valence-electron chi connectivity index (χ3n) is 3.61. The highest BCUT2D eigenvalue weighted by atomic mass is 16.6. The minimum absolute atomic E-state index is 0.291. The van der Waals surface area contributed by atoms with Crippen LogP contribution in [0.5, 0.6) is 0 Å². The van der Waals surface area contributed by atoms with E-state index in [2.05, 4.69) is 31.2 Å². The molecule has 3 nitrogen and oxygen atoms in total. The van der Waals surface area contributed by atoms with Crippen LogP contribution in [0.25, 0.3) is 11.1 Å². The first-order valence-corrected chi connectivity index (χ1v) is 8.56. The van der Waals surface area contributed by atoms with Crippen LogP contribution in [0.2, 0.25) is 0 Å². The first-order chi connectivity index (χ1) is 11.4. The highest BCUT2D eigenvalue weighted by molar-refractivity contribution is 5.89. The molecule has 0 radical (unpaired) electrons. The number of benzene rings is 2. The highest BCUT2D eigenvalue weighted by Crippen LogP contribution is 2.26. The molecule has 0 aliphatic carbocycles. The predicted octanol–water partition coefficient (Wildman–Crippen LogP) is 5.90. The third-order valence-corrected chi connectivity index (χ3v) is 3.61. The van der Waals surface area contributed by atoms with Gasteiger partial charge in [-0.1, -0.05) is 55.8 Å². The standard InChI is InChI=1S/C21H27NO2/c1-5-6-15-22(20(23)24-21(2,3)4)19-14-10-13-18(16-19)17-11-8-7-9-12-17/h7-14,16H,5-6,15H2,1-4H3. The van der Waals surface area contributed by atoms with E-state index in [0.29, 0.717) is 6.54 Å². The van der Waals surface area contributed by atoms with Gasteiger partial charge < -0.3 is 4.74 Å². The van der Waals surface area contributed by atoms with E-state index in [1.54, 1.807) is 4.90 Å². The molecule has 0 saturated heterocycles. The van der Waals surface area contributed by atoms with Crippen LogP contribution in [0, 0.1) is 0 Å². The molecule has 3 heteroatoms. The second kappa shape index (κ2) is 8.00. The smallest absolute Gasteiger partial charge is 0.414 e. The Labute approximate surface area is 145 Å². The van der Waals surface area contributed by atoms with E-state index in [4.69, 9.17) is 4.74 Å². The molecule has 1 amide bonds. The Kier molecular flexibility index (Phi) is 6.02. The third kappa shape index (κ3) is 5.12. The summed E-state index contributed by atoms with van der Waals surface area (Å²) in [6.07, 6.45) is 1.67. The summed E-state index contributed by atoms with van der Waals surface area (Å²) in [6, 6.07) is 18.2. The van der Waals surface area contributed by atoms with Crippen LogP contribution in [-0.4, -0.2) is 18.2 Å². The van der Waals surface area contributed by atoms with Gasteiger partial charge in [0, 0.05) is 12.2 Å². The van der Waals surface area contributed by atoms with Gasteiger partial charge in [-0.05, 0) is 50.5 Å². The van der Waals surface area contributed by atoms with E-state index in [-0.39, 0.29) is 6.09 Å². The van der Waals surface area contributed by atoms with Crippen LogP contribution >= 0.6 is 0 Å². The molecule has 0 saturated carbocycles. The van der Waals surface area contributed by atoms with Crippen molar-refractivity contribution in [2.24, 2.45) is 0 Å². The van der Waals surface area contributed by atoms with Crippen molar-refractivity contribution in [1.82, 2.24) is 0 Å². The lowest BCUT2D eigenvalue weighted by atomic mass is 10.0. The zero-order chi connectivity index (χ0) is 17.6. The fourth-order valence-corrected chi connectivity index (χ4v) is 2.44. The molecule has 2 rings (SSSR count). The van der Waals surface area contributed by atoms with Gasteiger partial charge in [0.1, 0.15) is 5.60 Å². The molecule has 24 heavy (non-hydrogen) atoms. The number of rotatable bonds is 5. The van der Waals surface area contributed by atoms with Gasteiger partial charge in [-0.3, -0.25) is 4.90 Å². The summed E-state index contributed by atoms with van der Waals surface area (Å²) < 4.78 is 5.58. The van der Waals surface area contributed by atoms with Crippen LogP contribution < -0.4 is 4.90 Å². The zero-order valence-corrected chi connectivity index (χ0v) is 15.1. The van der Waals surface area contributed by atoms with Crippen LogP contribution in [-0.2, 0) is 4.74 Å². The first-order valence-electron chi connectivity index (χ1n) is 8.56. The van der Waals surface area contributed by atoms with Crippen molar-refractivity contribution in [3.05, 3.63) is 54.6 Å². The number of hydrogen-bond acceptors (Lipinski definition) is 2. The summed E-state index contributed by atoms with van der Waals surface area (Å²) in [6.45, 7) is 8.45. The molecule has 0 aliphatic rings. The zero-order valence-electron chi connectivity index (χ0n) is 15.1. The number of unbranched alkanes of at least 4 members (excludes halogenated alkanes) is 1.